The minimum absolute atomic E-state index is 0.0770. The third kappa shape index (κ3) is 3.29. The average molecular weight is 265 g/mol. The number of hydrogen-bond donors (Lipinski definition) is 3. The molecule has 0 unspecified atom stereocenters. The van der Waals surface area contributed by atoms with Crippen LogP contribution in [0.3, 0.4) is 0 Å². The van der Waals surface area contributed by atoms with E-state index in [1.165, 1.54) is 0 Å². The highest BCUT2D eigenvalue weighted by molar-refractivity contribution is 5.94. The van der Waals surface area contributed by atoms with Gasteiger partial charge in [0.05, 0.1) is 11.8 Å². The van der Waals surface area contributed by atoms with Gasteiger partial charge in [-0.1, -0.05) is 0 Å². The summed E-state index contributed by atoms with van der Waals surface area (Å²) in [4.78, 5) is 12.3. The Balaban J connectivity index is 2.03. The van der Waals surface area contributed by atoms with Crippen molar-refractivity contribution in [3.8, 4) is 0 Å². The Hall–Kier alpha value is -1.49. The molecule has 1 aromatic rings. The fourth-order valence-corrected chi connectivity index (χ4v) is 2.59. The molecule has 1 aliphatic rings. The lowest BCUT2D eigenvalue weighted by Gasteiger charge is -2.26. The molecule has 1 fully saturated rings. The third-order valence-corrected chi connectivity index (χ3v) is 3.69. The number of carbonyl (C=O) groups is 1. The van der Waals surface area contributed by atoms with Gasteiger partial charge in [0.1, 0.15) is 5.69 Å². The lowest BCUT2D eigenvalue weighted by atomic mass is 9.93. The van der Waals surface area contributed by atoms with E-state index >= 15 is 0 Å². The summed E-state index contributed by atoms with van der Waals surface area (Å²) < 4.78 is 1.89. The van der Waals surface area contributed by atoms with Gasteiger partial charge in [0.2, 0.25) is 0 Å². The van der Waals surface area contributed by atoms with Crippen molar-refractivity contribution in [2.75, 3.05) is 5.73 Å². The van der Waals surface area contributed by atoms with Gasteiger partial charge >= 0.3 is 0 Å². The summed E-state index contributed by atoms with van der Waals surface area (Å²) in [5.41, 5.74) is 6.99. The first-order valence-electron chi connectivity index (χ1n) is 6.93. The van der Waals surface area contributed by atoms with E-state index in [1.807, 2.05) is 18.4 Å². The third-order valence-electron chi connectivity index (χ3n) is 3.69. The minimum Gasteiger partial charge on any atom is -0.397 e. The van der Waals surface area contributed by atoms with Crippen molar-refractivity contribution in [2.24, 2.45) is 0 Å². The highest BCUT2D eigenvalue weighted by Gasteiger charge is 2.23. The van der Waals surface area contributed by atoms with Gasteiger partial charge in [-0.25, -0.2) is 0 Å². The molecule has 1 amide bonds. The van der Waals surface area contributed by atoms with Gasteiger partial charge in [0, 0.05) is 18.3 Å². The van der Waals surface area contributed by atoms with E-state index in [-0.39, 0.29) is 24.1 Å². The molecule has 1 aliphatic carbocycles. The van der Waals surface area contributed by atoms with Crippen molar-refractivity contribution in [2.45, 2.75) is 57.7 Å². The molecule has 5 nitrogen and oxygen atoms in total. The number of nitrogens with two attached hydrogens (primary N) is 1. The number of aliphatic hydroxyl groups excluding tert-OH is 1. The molecule has 0 aromatic carbocycles. The Labute approximate surface area is 113 Å². The van der Waals surface area contributed by atoms with Crippen LogP contribution >= 0.6 is 0 Å². The smallest absolute Gasteiger partial charge is 0.268 e. The summed E-state index contributed by atoms with van der Waals surface area (Å²) in [5, 5.41) is 12.5. The van der Waals surface area contributed by atoms with Gasteiger partial charge in [-0.2, -0.15) is 0 Å². The first-order chi connectivity index (χ1) is 8.97. The van der Waals surface area contributed by atoms with Gasteiger partial charge in [-0.15, -0.1) is 0 Å². The molecule has 106 valence electrons. The largest absolute Gasteiger partial charge is 0.397 e. The Morgan fingerprint density at radius 2 is 2.05 bits per heavy atom. The number of aromatic nitrogens is 1. The van der Waals surface area contributed by atoms with Gasteiger partial charge in [0.25, 0.3) is 5.91 Å². The van der Waals surface area contributed by atoms with Crippen molar-refractivity contribution in [1.82, 2.24) is 9.88 Å². The van der Waals surface area contributed by atoms with E-state index in [1.54, 1.807) is 12.3 Å². The zero-order valence-corrected chi connectivity index (χ0v) is 11.6. The van der Waals surface area contributed by atoms with Crippen LogP contribution in [0.2, 0.25) is 0 Å². The maximum Gasteiger partial charge on any atom is 0.268 e. The first kappa shape index (κ1) is 13.9. The van der Waals surface area contributed by atoms with Crippen LogP contribution < -0.4 is 11.1 Å². The molecule has 0 radical (unpaired) electrons. The summed E-state index contributed by atoms with van der Waals surface area (Å²) in [7, 11) is 0. The molecular formula is C14H23N3O2. The second-order valence-corrected chi connectivity index (χ2v) is 5.64. The molecule has 0 spiro atoms. The quantitative estimate of drug-likeness (QED) is 0.778. The molecule has 0 saturated heterocycles. The zero-order chi connectivity index (χ0) is 14.0. The van der Waals surface area contributed by atoms with E-state index < -0.39 is 0 Å². The Bertz CT molecular complexity index is 446. The second-order valence-electron chi connectivity index (χ2n) is 5.64. The number of anilines is 1. The molecule has 0 bridgehead atoms. The highest BCUT2D eigenvalue weighted by atomic mass is 16.3. The molecule has 19 heavy (non-hydrogen) atoms. The molecule has 2 rings (SSSR count). The Morgan fingerprint density at radius 3 is 2.63 bits per heavy atom. The van der Waals surface area contributed by atoms with Gasteiger partial charge < -0.3 is 20.7 Å². The maximum atomic E-state index is 12.3. The Morgan fingerprint density at radius 1 is 1.42 bits per heavy atom. The molecular weight excluding hydrogens is 242 g/mol. The molecule has 1 heterocycles. The molecule has 1 aromatic heterocycles. The fourth-order valence-electron chi connectivity index (χ4n) is 2.59. The summed E-state index contributed by atoms with van der Waals surface area (Å²) in [6.07, 6.45) is 4.79. The van der Waals surface area contributed by atoms with Crippen LogP contribution in [0.4, 0.5) is 5.69 Å². The van der Waals surface area contributed by atoms with E-state index in [4.69, 9.17) is 5.73 Å². The van der Waals surface area contributed by atoms with Crippen LogP contribution in [0.25, 0.3) is 0 Å². The van der Waals surface area contributed by atoms with Crippen LogP contribution in [0, 0.1) is 0 Å². The minimum atomic E-state index is -0.205. The molecule has 5 heteroatoms. The highest BCUT2D eigenvalue weighted by Crippen LogP contribution is 2.20. The van der Waals surface area contributed by atoms with Crippen molar-refractivity contribution in [3.63, 3.8) is 0 Å². The monoisotopic (exact) mass is 265 g/mol. The van der Waals surface area contributed by atoms with E-state index in [2.05, 4.69) is 5.32 Å². The number of nitrogens with one attached hydrogen (secondary N) is 1. The predicted molar refractivity (Wildman–Crippen MR) is 75.0 cm³/mol. The van der Waals surface area contributed by atoms with Crippen molar-refractivity contribution >= 4 is 11.6 Å². The number of rotatable bonds is 3. The van der Waals surface area contributed by atoms with Crippen LogP contribution in [-0.4, -0.2) is 27.7 Å². The van der Waals surface area contributed by atoms with Crippen LogP contribution in [0.15, 0.2) is 12.3 Å². The normalized spacial score (nSPS) is 23.6. The average Bonchev–Trinajstić information content (AvgIpc) is 2.74. The lowest BCUT2D eigenvalue weighted by Crippen LogP contribution is -2.39. The summed E-state index contributed by atoms with van der Waals surface area (Å²) >= 11 is 0. The standard InChI is InChI=1S/C14H23N3O2/c1-9(2)17-8-10(15)7-13(17)14(19)16-11-3-5-12(18)6-4-11/h7-9,11-12,18H,3-6,15H2,1-2H3,(H,16,19). The SMILES string of the molecule is CC(C)n1cc(N)cc1C(=O)NC1CCC(O)CC1. The first-order valence-corrected chi connectivity index (χ1v) is 6.93. The molecule has 0 atom stereocenters. The lowest BCUT2D eigenvalue weighted by molar-refractivity contribution is 0.0858. The van der Waals surface area contributed by atoms with E-state index in [0.717, 1.165) is 25.7 Å². The number of aliphatic hydroxyl groups is 1. The van der Waals surface area contributed by atoms with Crippen LogP contribution in [-0.2, 0) is 0 Å². The van der Waals surface area contributed by atoms with Crippen molar-refractivity contribution < 1.29 is 9.90 Å². The van der Waals surface area contributed by atoms with Crippen LogP contribution in [0.1, 0.15) is 56.1 Å². The summed E-state index contributed by atoms with van der Waals surface area (Å²) in [6, 6.07) is 2.08. The summed E-state index contributed by atoms with van der Waals surface area (Å²) in [6.45, 7) is 4.04. The number of nitrogens with zero attached hydrogens (tertiary/aromatic N) is 1. The number of amides is 1. The second kappa shape index (κ2) is 5.65. The zero-order valence-electron chi connectivity index (χ0n) is 11.6. The van der Waals surface area contributed by atoms with Crippen molar-refractivity contribution in [3.05, 3.63) is 18.0 Å². The Kier molecular flexibility index (Phi) is 4.14. The number of nitrogen functional groups attached to an aromatic ring is 1. The van der Waals surface area contributed by atoms with Gasteiger partial charge in [-0.3, -0.25) is 4.79 Å². The molecule has 1 saturated carbocycles. The fraction of sp³-hybridized carbons (Fsp3) is 0.643. The van der Waals surface area contributed by atoms with Gasteiger partial charge in [0.15, 0.2) is 0 Å². The summed E-state index contributed by atoms with van der Waals surface area (Å²) in [5.74, 6) is -0.0770. The topological polar surface area (TPSA) is 80.3 Å². The number of hydrogen-bond acceptors (Lipinski definition) is 3. The molecule has 0 aliphatic heterocycles. The predicted octanol–water partition coefficient (Wildman–Crippen LogP) is 1.68. The van der Waals surface area contributed by atoms with Gasteiger partial charge in [-0.05, 0) is 45.6 Å². The number of carbonyl (C=O) groups excluding carboxylic acids is 1. The van der Waals surface area contributed by atoms with Crippen molar-refractivity contribution in [1.29, 1.82) is 0 Å². The maximum absolute atomic E-state index is 12.3. The van der Waals surface area contributed by atoms with Crippen LogP contribution in [0.5, 0.6) is 0 Å². The molecule has 4 N–H and O–H groups in total. The van der Waals surface area contributed by atoms with E-state index in [9.17, 15) is 9.90 Å². The van der Waals surface area contributed by atoms with E-state index in [0.29, 0.717) is 11.4 Å².